The highest BCUT2D eigenvalue weighted by molar-refractivity contribution is 5.43. The highest BCUT2D eigenvalue weighted by Gasteiger charge is 2.32. The molecule has 1 atom stereocenters. The van der Waals surface area contributed by atoms with Gasteiger partial charge in [-0.25, -0.2) is 0 Å². The van der Waals surface area contributed by atoms with Gasteiger partial charge in [-0.1, -0.05) is 12.1 Å². The Balaban J connectivity index is 2.31. The lowest BCUT2D eigenvalue weighted by atomic mass is 9.86. The second kappa shape index (κ2) is 2.99. The summed E-state index contributed by atoms with van der Waals surface area (Å²) in [6.45, 7) is 4.11. The Morgan fingerprint density at radius 2 is 2.07 bits per heavy atom. The van der Waals surface area contributed by atoms with Crippen molar-refractivity contribution in [3.63, 3.8) is 0 Å². The summed E-state index contributed by atoms with van der Waals surface area (Å²) in [6.07, 6.45) is 1.90. The molecule has 3 N–H and O–H groups in total. The summed E-state index contributed by atoms with van der Waals surface area (Å²) in [5, 5.41) is 9.67. The highest BCUT2D eigenvalue weighted by Crippen LogP contribution is 2.36. The number of rotatable bonds is 1. The fourth-order valence-corrected chi connectivity index (χ4v) is 2.16. The minimum absolute atomic E-state index is 0.161. The second-order valence-electron chi connectivity index (χ2n) is 4.84. The summed E-state index contributed by atoms with van der Waals surface area (Å²) in [4.78, 5) is 0. The zero-order valence-corrected chi connectivity index (χ0v) is 8.75. The molecular weight excluding hydrogens is 174 g/mol. The van der Waals surface area contributed by atoms with Crippen molar-refractivity contribution in [1.82, 2.24) is 0 Å². The molecule has 1 aliphatic rings. The summed E-state index contributed by atoms with van der Waals surface area (Å²) in [7, 11) is 0. The van der Waals surface area contributed by atoms with Crippen molar-refractivity contribution in [2.75, 3.05) is 0 Å². The lowest BCUT2D eigenvalue weighted by molar-refractivity contribution is 0.332. The van der Waals surface area contributed by atoms with Crippen LogP contribution in [0.3, 0.4) is 0 Å². The predicted molar refractivity (Wildman–Crippen MR) is 57.3 cm³/mol. The van der Waals surface area contributed by atoms with E-state index in [0.717, 1.165) is 18.4 Å². The zero-order valence-electron chi connectivity index (χ0n) is 8.75. The maximum absolute atomic E-state index is 9.67. The number of phenolic OH excluding ortho intramolecular Hbond substituents is 1. The normalized spacial score (nSPS) is 20.9. The van der Waals surface area contributed by atoms with Gasteiger partial charge in [0, 0.05) is 5.54 Å². The molecule has 1 unspecified atom stereocenters. The van der Waals surface area contributed by atoms with Crippen molar-refractivity contribution in [1.29, 1.82) is 0 Å². The predicted octanol–water partition coefficient (Wildman–Crippen LogP) is 1.84. The van der Waals surface area contributed by atoms with Gasteiger partial charge in [0.15, 0.2) is 0 Å². The molecule has 0 aliphatic heterocycles. The number of aromatic hydroxyl groups is 1. The van der Waals surface area contributed by atoms with Crippen molar-refractivity contribution >= 4 is 0 Å². The highest BCUT2D eigenvalue weighted by atomic mass is 16.3. The van der Waals surface area contributed by atoms with Gasteiger partial charge < -0.3 is 10.8 Å². The first-order valence-electron chi connectivity index (χ1n) is 5.07. The third kappa shape index (κ3) is 1.50. The smallest absolute Gasteiger partial charge is 0.119 e. The molecular formula is C12H17NO. The van der Waals surface area contributed by atoms with Crippen molar-refractivity contribution in [2.24, 2.45) is 11.7 Å². The topological polar surface area (TPSA) is 46.2 Å². The van der Waals surface area contributed by atoms with Crippen LogP contribution >= 0.6 is 0 Å². The van der Waals surface area contributed by atoms with Gasteiger partial charge in [0.25, 0.3) is 0 Å². The molecule has 2 rings (SSSR count). The Morgan fingerprint density at radius 3 is 2.64 bits per heavy atom. The van der Waals surface area contributed by atoms with Crippen LogP contribution in [-0.4, -0.2) is 10.6 Å². The lowest BCUT2D eigenvalue weighted by Crippen LogP contribution is -2.41. The molecule has 14 heavy (non-hydrogen) atoms. The van der Waals surface area contributed by atoms with Crippen LogP contribution in [0.25, 0.3) is 0 Å². The Bertz CT molecular complexity index is 352. The number of fused-ring (bicyclic) bond motifs is 1. The third-order valence-corrected chi connectivity index (χ3v) is 3.22. The summed E-state index contributed by atoms with van der Waals surface area (Å²) in [5.74, 6) is 0.875. The van der Waals surface area contributed by atoms with Gasteiger partial charge in [-0.3, -0.25) is 0 Å². The van der Waals surface area contributed by atoms with Crippen LogP contribution in [0.2, 0.25) is 0 Å². The van der Waals surface area contributed by atoms with Crippen LogP contribution < -0.4 is 5.73 Å². The molecule has 0 heterocycles. The number of hydrogen-bond acceptors (Lipinski definition) is 2. The van der Waals surface area contributed by atoms with E-state index in [2.05, 4.69) is 19.9 Å². The van der Waals surface area contributed by atoms with Gasteiger partial charge in [0.1, 0.15) is 5.75 Å². The van der Waals surface area contributed by atoms with Gasteiger partial charge in [0.05, 0.1) is 0 Å². The van der Waals surface area contributed by atoms with Gasteiger partial charge in [-0.05, 0) is 49.8 Å². The first-order valence-corrected chi connectivity index (χ1v) is 5.07. The van der Waals surface area contributed by atoms with E-state index in [-0.39, 0.29) is 5.54 Å². The number of hydrogen-bond donors (Lipinski definition) is 2. The van der Waals surface area contributed by atoms with Crippen molar-refractivity contribution in [3.8, 4) is 5.75 Å². The van der Waals surface area contributed by atoms with E-state index in [4.69, 9.17) is 5.73 Å². The summed E-state index contributed by atoms with van der Waals surface area (Å²) in [5.41, 5.74) is 8.28. The fraction of sp³-hybridized carbons (Fsp3) is 0.500. The Morgan fingerprint density at radius 1 is 1.36 bits per heavy atom. The van der Waals surface area contributed by atoms with Crippen LogP contribution in [0, 0.1) is 5.92 Å². The SMILES string of the molecule is CC(C)(N)C1Cc2cccc(O)c2C1. The van der Waals surface area contributed by atoms with Gasteiger partial charge in [-0.15, -0.1) is 0 Å². The molecule has 76 valence electrons. The maximum Gasteiger partial charge on any atom is 0.119 e. The first-order chi connectivity index (χ1) is 6.48. The second-order valence-corrected chi connectivity index (χ2v) is 4.84. The Kier molecular flexibility index (Phi) is 2.04. The summed E-state index contributed by atoms with van der Waals surface area (Å²) < 4.78 is 0. The van der Waals surface area contributed by atoms with Crippen LogP contribution in [0.1, 0.15) is 25.0 Å². The van der Waals surface area contributed by atoms with Crippen LogP contribution in [0.4, 0.5) is 0 Å². The zero-order chi connectivity index (χ0) is 10.3. The van der Waals surface area contributed by atoms with E-state index in [0.29, 0.717) is 11.7 Å². The largest absolute Gasteiger partial charge is 0.508 e. The monoisotopic (exact) mass is 191 g/mol. The Hall–Kier alpha value is -1.02. The van der Waals surface area contributed by atoms with Gasteiger partial charge in [-0.2, -0.15) is 0 Å². The molecule has 0 fully saturated rings. The molecule has 2 nitrogen and oxygen atoms in total. The van der Waals surface area contributed by atoms with Gasteiger partial charge >= 0.3 is 0 Å². The van der Waals surface area contributed by atoms with E-state index in [1.807, 2.05) is 6.07 Å². The van der Waals surface area contributed by atoms with Gasteiger partial charge in [0.2, 0.25) is 0 Å². The van der Waals surface area contributed by atoms with E-state index in [1.54, 1.807) is 6.07 Å². The molecule has 0 spiro atoms. The summed E-state index contributed by atoms with van der Waals surface area (Å²) in [6, 6.07) is 5.74. The maximum atomic E-state index is 9.67. The van der Waals surface area contributed by atoms with Crippen molar-refractivity contribution in [2.45, 2.75) is 32.2 Å². The minimum atomic E-state index is -0.161. The fourth-order valence-electron chi connectivity index (χ4n) is 2.16. The number of nitrogens with two attached hydrogens (primary N) is 1. The average molecular weight is 191 g/mol. The molecule has 0 aromatic heterocycles. The molecule has 1 aromatic rings. The van der Waals surface area contributed by atoms with Crippen LogP contribution in [0.15, 0.2) is 18.2 Å². The van der Waals surface area contributed by atoms with Crippen LogP contribution in [0.5, 0.6) is 5.75 Å². The molecule has 0 amide bonds. The average Bonchev–Trinajstić information content (AvgIpc) is 2.48. The lowest BCUT2D eigenvalue weighted by Gasteiger charge is -2.26. The number of benzene rings is 1. The van der Waals surface area contributed by atoms with Crippen molar-refractivity contribution in [3.05, 3.63) is 29.3 Å². The molecule has 2 heteroatoms. The third-order valence-electron chi connectivity index (χ3n) is 3.22. The van der Waals surface area contributed by atoms with Crippen LogP contribution in [-0.2, 0) is 12.8 Å². The molecule has 1 aliphatic carbocycles. The molecule has 0 radical (unpaired) electrons. The quantitative estimate of drug-likeness (QED) is 0.711. The molecule has 1 aromatic carbocycles. The van der Waals surface area contributed by atoms with E-state index >= 15 is 0 Å². The van der Waals surface area contributed by atoms with Crippen molar-refractivity contribution < 1.29 is 5.11 Å². The first kappa shape index (κ1) is 9.53. The van der Waals surface area contributed by atoms with E-state index in [9.17, 15) is 5.11 Å². The van der Waals surface area contributed by atoms with E-state index in [1.165, 1.54) is 5.56 Å². The Labute approximate surface area is 84.7 Å². The molecule has 0 bridgehead atoms. The summed E-state index contributed by atoms with van der Waals surface area (Å²) >= 11 is 0. The standard InChI is InChI=1S/C12H17NO/c1-12(2,13)9-6-8-4-3-5-11(14)10(8)7-9/h3-5,9,14H,6-7,13H2,1-2H3. The number of phenols is 1. The molecule has 0 saturated carbocycles. The minimum Gasteiger partial charge on any atom is -0.508 e. The molecule has 0 saturated heterocycles. The van der Waals surface area contributed by atoms with E-state index < -0.39 is 0 Å².